The molecule has 0 aromatic carbocycles. The maximum absolute atomic E-state index is 13.8. The van der Waals surface area contributed by atoms with Crippen LogP contribution in [-0.2, 0) is 4.74 Å². The molecule has 0 amide bonds. The molecular formula is C16H18FN3O3. The molecule has 2 aromatic rings. The van der Waals surface area contributed by atoms with E-state index >= 15 is 0 Å². The van der Waals surface area contributed by atoms with Crippen LogP contribution in [0.15, 0.2) is 24.5 Å². The van der Waals surface area contributed by atoms with Crippen molar-refractivity contribution in [3.63, 3.8) is 0 Å². The Morgan fingerprint density at radius 2 is 2.35 bits per heavy atom. The molecule has 3 rings (SSSR count). The summed E-state index contributed by atoms with van der Waals surface area (Å²) in [7, 11) is 0. The molecule has 0 unspecified atom stereocenters. The third kappa shape index (κ3) is 3.34. The van der Waals surface area contributed by atoms with Crippen LogP contribution in [-0.4, -0.2) is 46.5 Å². The van der Waals surface area contributed by atoms with Crippen LogP contribution in [0.1, 0.15) is 22.5 Å². The van der Waals surface area contributed by atoms with E-state index in [9.17, 15) is 9.18 Å². The number of aromatic amines is 1. The fourth-order valence-corrected chi connectivity index (χ4v) is 2.64. The van der Waals surface area contributed by atoms with Crippen LogP contribution in [0.2, 0.25) is 0 Å². The van der Waals surface area contributed by atoms with Crippen molar-refractivity contribution in [2.75, 3.05) is 18.5 Å². The number of alkyl halides is 1. The maximum Gasteiger partial charge on any atom is 0.352 e. The quantitative estimate of drug-likeness (QED) is 0.806. The lowest BCUT2D eigenvalue weighted by Gasteiger charge is -2.27. The van der Waals surface area contributed by atoms with Gasteiger partial charge in [0.1, 0.15) is 17.7 Å². The second-order valence-corrected chi connectivity index (χ2v) is 5.62. The van der Waals surface area contributed by atoms with E-state index in [1.54, 1.807) is 18.5 Å². The molecule has 122 valence electrons. The summed E-state index contributed by atoms with van der Waals surface area (Å²) in [6.45, 7) is 2.51. The molecule has 2 atom stereocenters. The molecule has 1 aliphatic heterocycles. The summed E-state index contributed by atoms with van der Waals surface area (Å²) >= 11 is 0. The first-order valence-electron chi connectivity index (χ1n) is 7.41. The highest BCUT2D eigenvalue weighted by Crippen LogP contribution is 2.27. The number of nitrogens with zero attached hydrogens (tertiary/aromatic N) is 1. The third-order valence-electron chi connectivity index (χ3n) is 3.95. The van der Waals surface area contributed by atoms with E-state index in [2.05, 4.69) is 15.3 Å². The lowest BCUT2D eigenvalue weighted by atomic mass is 10.0. The van der Waals surface area contributed by atoms with Crippen LogP contribution in [0.25, 0.3) is 11.1 Å². The predicted octanol–water partition coefficient (Wildman–Crippen LogP) is 2.62. The van der Waals surface area contributed by atoms with Gasteiger partial charge in [0.05, 0.1) is 12.6 Å². The Bertz CT molecular complexity index is 716. The number of aryl methyl sites for hydroxylation is 1. The van der Waals surface area contributed by atoms with Crippen LogP contribution < -0.4 is 5.32 Å². The fraction of sp³-hybridized carbons (Fsp3) is 0.375. The minimum Gasteiger partial charge on any atom is -0.477 e. The minimum atomic E-state index is -1.07. The number of anilines is 1. The summed E-state index contributed by atoms with van der Waals surface area (Å²) in [5, 5.41) is 12.1. The van der Waals surface area contributed by atoms with Gasteiger partial charge in [0, 0.05) is 24.6 Å². The average molecular weight is 319 g/mol. The fourth-order valence-electron chi connectivity index (χ4n) is 2.64. The highest BCUT2D eigenvalue weighted by molar-refractivity contribution is 5.88. The van der Waals surface area contributed by atoms with E-state index < -0.39 is 12.1 Å². The van der Waals surface area contributed by atoms with Crippen LogP contribution in [0.3, 0.4) is 0 Å². The zero-order valence-electron chi connectivity index (χ0n) is 12.7. The standard InChI is InChI=1S/C16H18FN3O3/c1-9-6-19-15(20-13-2-3-23-8-12(13)17)5-11(9)10-4-14(16(21)22)18-7-10/h4-7,12-13,18H,2-3,8H2,1H3,(H,19,20)(H,21,22)/t12-,13-/m1/s1. The van der Waals surface area contributed by atoms with E-state index in [1.165, 1.54) is 0 Å². The van der Waals surface area contributed by atoms with E-state index in [4.69, 9.17) is 9.84 Å². The van der Waals surface area contributed by atoms with Gasteiger partial charge in [0.2, 0.25) is 0 Å². The summed E-state index contributed by atoms with van der Waals surface area (Å²) in [6.07, 6.45) is 2.85. The van der Waals surface area contributed by atoms with Crippen molar-refractivity contribution in [2.45, 2.75) is 25.6 Å². The number of rotatable bonds is 4. The summed E-state index contributed by atoms with van der Waals surface area (Å²) < 4.78 is 18.9. The molecule has 1 aliphatic rings. The molecule has 7 heteroatoms. The van der Waals surface area contributed by atoms with E-state index in [0.717, 1.165) is 16.7 Å². The molecule has 3 heterocycles. The van der Waals surface area contributed by atoms with Crippen molar-refractivity contribution in [3.8, 4) is 11.1 Å². The largest absolute Gasteiger partial charge is 0.477 e. The first-order chi connectivity index (χ1) is 11.0. The Balaban J connectivity index is 1.85. The van der Waals surface area contributed by atoms with Gasteiger partial charge in [-0.3, -0.25) is 0 Å². The van der Waals surface area contributed by atoms with Gasteiger partial charge in [0.25, 0.3) is 0 Å². The summed E-state index contributed by atoms with van der Waals surface area (Å²) in [5.74, 6) is -0.443. The van der Waals surface area contributed by atoms with Gasteiger partial charge in [-0.2, -0.15) is 0 Å². The van der Waals surface area contributed by atoms with Crippen LogP contribution >= 0.6 is 0 Å². The molecule has 1 saturated heterocycles. The second-order valence-electron chi connectivity index (χ2n) is 5.62. The molecular weight excluding hydrogens is 301 g/mol. The number of carboxylic acid groups (broad SMARTS) is 1. The Morgan fingerprint density at radius 1 is 1.52 bits per heavy atom. The van der Waals surface area contributed by atoms with Crippen molar-refractivity contribution >= 4 is 11.8 Å². The Hall–Kier alpha value is -2.41. The van der Waals surface area contributed by atoms with Crippen molar-refractivity contribution in [3.05, 3.63) is 35.8 Å². The van der Waals surface area contributed by atoms with Crippen LogP contribution in [0, 0.1) is 6.92 Å². The number of hydrogen-bond acceptors (Lipinski definition) is 4. The molecule has 0 saturated carbocycles. The van der Waals surface area contributed by atoms with Gasteiger partial charge < -0.3 is 20.1 Å². The van der Waals surface area contributed by atoms with Gasteiger partial charge in [0.15, 0.2) is 0 Å². The molecule has 6 nitrogen and oxygen atoms in total. The normalized spacial score (nSPS) is 21.1. The van der Waals surface area contributed by atoms with E-state index in [1.807, 2.05) is 13.0 Å². The molecule has 1 fully saturated rings. The van der Waals surface area contributed by atoms with Crippen LogP contribution in [0.4, 0.5) is 10.2 Å². The third-order valence-corrected chi connectivity index (χ3v) is 3.95. The second kappa shape index (κ2) is 6.37. The highest BCUT2D eigenvalue weighted by atomic mass is 19.1. The van der Waals surface area contributed by atoms with Gasteiger partial charge in [-0.25, -0.2) is 14.2 Å². The Morgan fingerprint density at radius 3 is 3.04 bits per heavy atom. The Labute approximate surface area is 132 Å². The lowest BCUT2D eigenvalue weighted by molar-refractivity contribution is 0.0285. The molecule has 3 N–H and O–H groups in total. The first-order valence-corrected chi connectivity index (χ1v) is 7.41. The number of halogens is 1. The number of carbonyl (C=O) groups is 1. The Kier molecular flexibility index (Phi) is 4.29. The lowest BCUT2D eigenvalue weighted by Crippen LogP contribution is -2.39. The molecule has 0 bridgehead atoms. The van der Waals surface area contributed by atoms with Crippen molar-refractivity contribution in [1.82, 2.24) is 9.97 Å². The average Bonchev–Trinajstić information content (AvgIpc) is 3.01. The van der Waals surface area contributed by atoms with Crippen LogP contribution in [0.5, 0.6) is 0 Å². The minimum absolute atomic E-state index is 0.0934. The topological polar surface area (TPSA) is 87.2 Å². The molecule has 0 spiro atoms. The number of aromatic carboxylic acids is 1. The molecule has 0 aliphatic carbocycles. The number of pyridine rings is 1. The predicted molar refractivity (Wildman–Crippen MR) is 83.5 cm³/mol. The molecule has 0 radical (unpaired) electrons. The molecule has 2 aromatic heterocycles. The SMILES string of the molecule is Cc1cnc(N[C@@H]2CCOC[C@H]2F)cc1-c1c[nH]c(C(=O)O)c1. The number of H-pyrrole nitrogens is 1. The monoisotopic (exact) mass is 319 g/mol. The van der Waals surface area contributed by atoms with Crippen molar-refractivity contribution in [1.29, 1.82) is 0 Å². The summed E-state index contributed by atoms with van der Waals surface area (Å²) in [4.78, 5) is 18.0. The summed E-state index contributed by atoms with van der Waals surface area (Å²) in [5.41, 5.74) is 2.65. The van der Waals surface area contributed by atoms with Gasteiger partial charge >= 0.3 is 5.97 Å². The number of hydrogen-bond donors (Lipinski definition) is 3. The van der Waals surface area contributed by atoms with Crippen molar-refractivity contribution < 1.29 is 19.0 Å². The zero-order valence-corrected chi connectivity index (χ0v) is 12.7. The number of ether oxygens (including phenoxy) is 1. The van der Waals surface area contributed by atoms with Crippen molar-refractivity contribution in [2.24, 2.45) is 0 Å². The zero-order chi connectivity index (χ0) is 16.4. The molecule has 23 heavy (non-hydrogen) atoms. The number of carboxylic acids is 1. The first kappa shape index (κ1) is 15.5. The smallest absolute Gasteiger partial charge is 0.352 e. The number of nitrogens with one attached hydrogen (secondary N) is 2. The van der Waals surface area contributed by atoms with Gasteiger partial charge in [-0.1, -0.05) is 0 Å². The van der Waals surface area contributed by atoms with E-state index in [0.29, 0.717) is 18.8 Å². The summed E-state index contributed by atoms with van der Waals surface area (Å²) in [6, 6.07) is 3.06. The van der Waals surface area contributed by atoms with Gasteiger partial charge in [-0.05, 0) is 36.6 Å². The van der Waals surface area contributed by atoms with E-state index in [-0.39, 0.29) is 18.3 Å². The maximum atomic E-state index is 13.8. The number of aromatic nitrogens is 2. The van der Waals surface area contributed by atoms with Gasteiger partial charge in [-0.15, -0.1) is 0 Å². The highest BCUT2D eigenvalue weighted by Gasteiger charge is 2.25.